The van der Waals surface area contributed by atoms with Crippen molar-refractivity contribution >= 4 is 0 Å². The first kappa shape index (κ1) is 13.3. The minimum absolute atomic E-state index is 0.267. The Morgan fingerprint density at radius 1 is 1.06 bits per heavy atom. The summed E-state index contributed by atoms with van der Waals surface area (Å²) in [4.78, 5) is 5.14. The van der Waals surface area contributed by atoms with E-state index < -0.39 is 0 Å². The zero-order valence-corrected chi connectivity index (χ0v) is 11.8. The smallest absolute Gasteiger partial charge is 0.0458 e. The molecule has 0 aliphatic carbocycles. The van der Waals surface area contributed by atoms with E-state index in [4.69, 9.17) is 5.73 Å². The van der Waals surface area contributed by atoms with Crippen LogP contribution in [0, 0.1) is 5.41 Å². The minimum atomic E-state index is 0.267. The van der Waals surface area contributed by atoms with E-state index in [9.17, 15) is 0 Å². The standard InChI is InChI=1S/C14H29N3/c1-13(2)6-9-17(10-7-13)14(11-15)5-4-8-16(3)12-14/h4-12,15H2,1-3H3. The van der Waals surface area contributed by atoms with Crippen molar-refractivity contribution in [3.8, 4) is 0 Å². The van der Waals surface area contributed by atoms with E-state index in [1.54, 1.807) is 0 Å². The molecule has 2 heterocycles. The van der Waals surface area contributed by atoms with Crippen molar-refractivity contribution in [3.05, 3.63) is 0 Å². The first-order valence-corrected chi connectivity index (χ1v) is 7.11. The van der Waals surface area contributed by atoms with Gasteiger partial charge in [0.15, 0.2) is 0 Å². The van der Waals surface area contributed by atoms with Crippen LogP contribution in [0.1, 0.15) is 39.5 Å². The highest BCUT2D eigenvalue weighted by Crippen LogP contribution is 2.35. The SMILES string of the molecule is CN1CCCC(CN)(N2CCC(C)(C)CC2)C1. The highest BCUT2D eigenvalue weighted by Gasteiger charge is 2.41. The highest BCUT2D eigenvalue weighted by atomic mass is 15.3. The van der Waals surface area contributed by atoms with Gasteiger partial charge in [0.2, 0.25) is 0 Å². The first-order chi connectivity index (χ1) is 7.97. The van der Waals surface area contributed by atoms with Crippen LogP contribution in [-0.4, -0.2) is 55.1 Å². The van der Waals surface area contributed by atoms with E-state index >= 15 is 0 Å². The molecule has 0 saturated carbocycles. The second kappa shape index (κ2) is 4.87. The van der Waals surface area contributed by atoms with Gasteiger partial charge in [-0.25, -0.2) is 0 Å². The van der Waals surface area contributed by atoms with Crippen LogP contribution in [0.5, 0.6) is 0 Å². The lowest BCUT2D eigenvalue weighted by molar-refractivity contribution is -0.0101. The van der Waals surface area contributed by atoms with Gasteiger partial charge in [-0.1, -0.05) is 13.8 Å². The lowest BCUT2D eigenvalue weighted by Gasteiger charge is -2.52. The zero-order chi connectivity index (χ0) is 12.5. The van der Waals surface area contributed by atoms with Gasteiger partial charge in [-0.2, -0.15) is 0 Å². The molecule has 3 heteroatoms. The lowest BCUT2D eigenvalue weighted by atomic mass is 9.79. The molecule has 17 heavy (non-hydrogen) atoms. The number of nitrogens with zero attached hydrogens (tertiary/aromatic N) is 2. The van der Waals surface area contributed by atoms with E-state index in [0.29, 0.717) is 5.41 Å². The number of likely N-dealkylation sites (tertiary alicyclic amines) is 2. The number of hydrogen-bond donors (Lipinski definition) is 1. The lowest BCUT2D eigenvalue weighted by Crippen LogP contribution is -2.63. The van der Waals surface area contributed by atoms with Crippen LogP contribution in [-0.2, 0) is 0 Å². The maximum Gasteiger partial charge on any atom is 0.0458 e. The van der Waals surface area contributed by atoms with Gasteiger partial charge in [0.05, 0.1) is 0 Å². The van der Waals surface area contributed by atoms with Gasteiger partial charge in [-0.05, 0) is 57.8 Å². The molecule has 2 saturated heterocycles. The molecule has 2 N–H and O–H groups in total. The van der Waals surface area contributed by atoms with Gasteiger partial charge in [0.1, 0.15) is 0 Å². The van der Waals surface area contributed by atoms with E-state index in [0.717, 1.165) is 13.1 Å². The van der Waals surface area contributed by atoms with Gasteiger partial charge in [-0.3, -0.25) is 4.90 Å². The molecule has 2 aliphatic rings. The summed E-state index contributed by atoms with van der Waals surface area (Å²) in [5.74, 6) is 0. The van der Waals surface area contributed by atoms with Crippen molar-refractivity contribution < 1.29 is 0 Å². The largest absolute Gasteiger partial charge is 0.329 e. The van der Waals surface area contributed by atoms with Gasteiger partial charge < -0.3 is 10.6 Å². The summed E-state index contributed by atoms with van der Waals surface area (Å²) in [6, 6.07) is 0. The molecule has 100 valence electrons. The molecule has 0 amide bonds. The van der Waals surface area contributed by atoms with Gasteiger partial charge in [0, 0.05) is 18.6 Å². The van der Waals surface area contributed by atoms with Crippen molar-refractivity contribution in [1.82, 2.24) is 9.80 Å². The maximum atomic E-state index is 6.13. The van der Waals surface area contributed by atoms with Crippen molar-refractivity contribution in [2.24, 2.45) is 11.1 Å². The Labute approximate surface area is 106 Å². The van der Waals surface area contributed by atoms with Crippen molar-refractivity contribution in [2.75, 3.05) is 39.8 Å². The van der Waals surface area contributed by atoms with Gasteiger partial charge in [0.25, 0.3) is 0 Å². The summed E-state index contributed by atoms with van der Waals surface area (Å²) in [6.07, 6.45) is 5.22. The molecular weight excluding hydrogens is 210 g/mol. The second-order valence-electron chi connectivity index (χ2n) is 6.92. The Morgan fingerprint density at radius 2 is 1.71 bits per heavy atom. The minimum Gasteiger partial charge on any atom is -0.329 e. The van der Waals surface area contributed by atoms with Crippen molar-refractivity contribution in [3.63, 3.8) is 0 Å². The number of piperidine rings is 2. The Hall–Kier alpha value is -0.120. The topological polar surface area (TPSA) is 32.5 Å². The quantitative estimate of drug-likeness (QED) is 0.793. The molecule has 0 aromatic heterocycles. The predicted octanol–water partition coefficient (Wildman–Crippen LogP) is 1.53. The average Bonchev–Trinajstić information content (AvgIpc) is 2.28. The summed E-state index contributed by atoms with van der Waals surface area (Å²) in [7, 11) is 2.23. The third-order valence-corrected chi connectivity index (χ3v) is 4.91. The molecule has 0 aromatic rings. The zero-order valence-electron chi connectivity index (χ0n) is 11.8. The maximum absolute atomic E-state index is 6.13. The molecular formula is C14H29N3. The third kappa shape index (κ3) is 2.83. The van der Waals surface area contributed by atoms with Crippen LogP contribution in [0.4, 0.5) is 0 Å². The van der Waals surface area contributed by atoms with Crippen LogP contribution < -0.4 is 5.73 Å². The average molecular weight is 239 g/mol. The first-order valence-electron chi connectivity index (χ1n) is 7.11. The molecule has 1 unspecified atom stereocenters. The highest BCUT2D eigenvalue weighted by molar-refractivity contribution is 4.99. The Kier molecular flexibility index (Phi) is 3.81. The van der Waals surface area contributed by atoms with Crippen LogP contribution in [0.3, 0.4) is 0 Å². The fourth-order valence-corrected chi connectivity index (χ4v) is 3.48. The summed E-state index contributed by atoms with van der Waals surface area (Å²) in [6.45, 7) is 10.5. The second-order valence-corrected chi connectivity index (χ2v) is 6.92. The van der Waals surface area contributed by atoms with E-state index in [1.165, 1.54) is 45.3 Å². The van der Waals surface area contributed by atoms with Crippen LogP contribution >= 0.6 is 0 Å². The molecule has 2 fully saturated rings. The van der Waals surface area contributed by atoms with Crippen molar-refractivity contribution in [2.45, 2.75) is 45.1 Å². The summed E-state index contributed by atoms with van der Waals surface area (Å²) >= 11 is 0. The number of rotatable bonds is 2. The molecule has 0 radical (unpaired) electrons. The third-order valence-electron chi connectivity index (χ3n) is 4.91. The summed E-state index contributed by atoms with van der Waals surface area (Å²) < 4.78 is 0. The van der Waals surface area contributed by atoms with Crippen LogP contribution in [0.15, 0.2) is 0 Å². The molecule has 3 nitrogen and oxygen atoms in total. The normalized spacial score (nSPS) is 36.0. The van der Waals surface area contributed by atoms with Crippen molar-refractivity contribution in [1.29, 1.82) is 0 Å². The van der Waals surface area contributed by atoms with Crippen LogP contribution in [0.2, 0.25) is 0 Å². The summed E-state index contributed by atoms with van der Waals surface area (Å²) in [5, 5.41) is 0. The predicted molar refractivity (Wildman–Crippen MR) is 73.1 cm³/mol. The molecule has 2 rings (SSSR count). The Morgan fingerprint density at radius 3 is 2.24 bits per heavy atom. The van der Waals surface area contributed by atoms with Gasteiger partial charge >= 0.3 is 0 Å². The van der Waals surface area contributed by atoms with Crippen LogP contribution in [0.25, 0.3) is 0 Å². The molecule has 0 bridgehead atoms. The van der Waals surface area contributed by atoms with E-state index in [2.05, 4.69) is 30.7 Å². The van der Waals surface area contributed by atoms with Gasteiger partial charge in [-0.15, -0.1) is 0 Å². The molecule has 1 atom stereocenters. The number of hydrogen-bond acceptors (Lipinski definition) is 3. The summed E-state index contributed by atoms with van der Waals surface area (Å²) in [5.41, 5.74) is 6.93. The fourth-order valence-electron chi connectivity index (χ4n) is 3.48. The van der Waals surface area contributed by atoms with E-state index in [-0.39, 0.29) is 5.54 Å². The Balaban J connectivity index is 2.03. The number of likely N-dealkylation sites (N-methyl/N-ethyl adjacent to an activating group) is 1. The molecule has 2 aliphatic heterocycles. The molecule has 0 spiro atoms. The molecule has 0 aromatic carbocycles. The number of nitrogens with two attached hydrogens (primary N) is 1. The Bertz CT molecular complexity index is 254. The monoisotopic (exact) mass is 239 g/mol. The van der Waals surface area contributed by atoms with E-state index in [1.807, 2.05) is 0 Å². The fraction of sp³-hybridized carbons (Fsp3) is 1.00.